The molecule has 0 spiro atoms. The van der Waals surface area contributed by atoms with Crippen LogP contribution in [0.1, 0.15) is 51.8 Å². The molecule has 2 aromatic carbocycles. The highest BCUT2D eigenvalue weighted by atomic mass is 32.1. The van der Waals surface area contributed by atoms with Gasteiger partial charge in [-0.05, 0) is 61.2 Å². The van der Waals surface area contributed by atoms with Crippen LogP contribution in [0.2, 0.25) is 0 Å². The Morgan fingerprint density at radius 1 is 1.05 bits per heavy atom. The van der Waals surface area contributed by atoms with Crippen LogP contribution in [-0.4, -0.2) is 43.9 Å². The lowest BCUT2D eigenvalue weighted by atomic mass is 9.95. The van der Waals surface area contributed by atoms with Gasteiger partial charge in [0.05, 0.1) is 49.3 Å². The number of nitrogens with zero attached hydrogens (tertiary/aromatic N) is 2. The summed E-state index contributed by atoms with van der Waals surface area (Å²) in [5.41, 5.74) is 1.63. The average molecular weight is 595 g/mol. The number of benzene rings is 2. The zero-order chi connectivity index (χ0) is 30.6. The second-order valence-corrected chi connectivity index (χ2v) is 10.9. The van der Waals surface area contributed by atoms with Gasteiger partial charge in [0.1, 0.15) is 0 Å². The van der Waals surface area contributed by atoms with Gasteiger partial charge in [-0.3, -0.25) is 14.2 Å². The number of hydrogen-bond donors (Lipinski definition) is 0. The van der Waals surface area contributed by atoms with Crippen molar-refractivity contribution in [1.82, 2.24) is 4.57 Å². The van der Waals surface area contributed by atoms with Crippen molar-refractivity contribution in [1.29, 1.82) is 0 Å². The first-order chi connectivity index (χ1) is 20.1. The van der Waals surface area contributed by atoms with Crippen LogP contribution in [0.3, 0.4) is 0 Å². The summed E-state index contributed by atoms with van der Waals surface area (Å²) >= 11 is 1.21. The van der Waals surface area contributed by atoms with Gasteiger partial charge in [0.15, 0.2) is 27.8 Å². The van der Waals surface area contributed by atoms with E-state index in [-0.39, 0.29) is 35.2 Å². The summed E-state index contributed by atoms with van der Waals surface area (Å²) in [5, 5.41) is 0. The summed E-state index contributed by atoms with van der Waals surface area (Å²) in [6.07, 6.45) is 1.75. The second-order valence-electron chi connectivity index (χ2n) is 9.92. The number of ether oxygens (including phenoxy) is 5. The Hall–Kier alpha value is -4.38. The Morgan fingerprint density at radius 3 is 2.38 bits per heavy atom. The molecule has 0 N–H and O–H groups in total. The normalized spacial score (nSPS) is 14.8. The van der Waals surface area contributed by atoms with Crippen molar-refractivity contribution < 1.29 is 33.3 Å². The van der Waals surface area contributed by atoms with Gasteiger partial charge < -0.3 is 23.7 Å². The second kappa shape index (κ2) is 13.1. The Balaban J connectivity index is 1.90. The molecule has 3 aromatic rings. The minimum absolute atomic E-state index is 0.115. The molecule has 0 saturated heterocycles. The minimum atomic E-state index is -0.863. The highest BCUT2D eigenvalue weighted by Crippen LogP contribution is 2.36. The molecule has 10 nitrogen and oxygen atoms in total. The molecule has 42 heavy (non-hydrogen) atoms. The Morgan fingerprint density at radius 2 is 1.74 bits per heavy atom. The lowest BCUT2D eigenvalue weighted by Gasteiger charge is -2.25. The summed E-state index contributed by atoms with van der Waals surface area (Å²) in [5.74, 6) is 0.680. The van der Waals surface area contributed by atoms with E-state index in [1.165, 1.54) is 29.9 Å². The fraction of sp³-hybridized carbons (Fsp3) is 0.355. The van der Waals surface area contributed by atoms with Crippen molar-refractivity contribution in [3.63, 3.8) is 0 Å². The third-order valence-electron chi connectivity index (χ3n) is 6.33. The Labute approximate surface area is 247 Å². The van der Waals surface area contributed by atoms with Crippen molar-refractivity contribution >= 4 is 29.4 Å². The number of carbonyl (C=O) groups excluding carboxylic acids is 2. The molecule has 0 saturated carbocycles. The van der Waals surface area contributed by atoms with Crippen LogP contribution >= 0.6 is 11.3 Å². The van der Waals surface area contributed by atoms with Gasteiger partial charge >= 0.3 is 11.9 Å². The molecule has 0 amide bonds. The van der Waals surface area contributed by atoms with Crippen LogP contribution in [0.25, 0.3) is 6.08 Å². The summed E-state index contributed by atoms with van der Waals surface area (Å²) in [7, 11) is 3.00. The van der Waals surface area contributed by atoms with Gasteiger partial charge in [-0.1, -0.05) is 37.3 Å². The van der Waals surface area contributed by atoms with E-state index < -0.39 is 18.0 Å². The van der Waals surface area contributed by atoms with E-state index in [0.717, 1.165) is 5.56 Å². The molecule has 1 aromatic heterocycles. The maximum Gasteiger partial charge on any atom is 0.338 e. The fourth-order valence-corrected chi connectivity index (χ4v) is 5.56. The number of aromatic nitrogens is 1. The van der Waals surface area contributed by atoms with Crippen molar-refractivity contribution in [3.05, 3.63) is 78.5 Å². The third kappa shape index (κ3) is 6.41. The van der Waals surface area contributed by atoms with Gasteiger partial charge in [0, 0.05) is 6.92 Å². The van der Waals surface area contributed by atoms with Gasteiger partial charge in [-0.25, -0.2) is 9.79 Å². The van der Waals surface area contributed by atoms with Crippen molar-refractivity contribution in [2.75, 3.05) is 27.4 Å². The van der Waals surface area contributed by atoms with Gasteiger partial charge in [-0.2, -0.15) is 0 Å². The van der Waals surface area contributed by atoms with Crippen LogP contribution in [0.15, 0.2) is 57.5 Å². The number of thiazole rings is 1. The lowest BCUT2D eigenvalue weighted by molar-refractivity contribution is -0.140. The number of allylic oxidation sites excluding steroid dienone is 1. The van der Waals surface area contributed by atoms with Gasteiger partial charge in [0.25, 0.3) is 5.56 Å². The van der Waals surface area contributed by atoms with Crippen LogP contribution in [0, 0.1) is 5.92 Å². The maximum absolute atomic E-state index is 14.0. The molecular formula is C31H34N2O8S. The van der Waals surface area contributed by atoms with E-state index in [1.54, 1.807) is 50.4 Å². The number of carbonyl (C=O) groups is 2. The molecule has 1 aliphatic heterocycles. The largest absolute Gasteiger partial charge is 0.493 e. The van der Waals surface area contributed by atoms with Crippen LogP contribution in [0.5, 0.6) is 23.0 Å². The van der Waals surface area contributed by atoms with Crippen LogP contribution < -0.4 is 33.8 Å². The highest BCUT2D eigenvalue weighted by Gasteiger charge is 2.34. The van der Waals surface area contributed by atoms with E-state index in [2.05, 4.69) is 4.99 Å². The lowest BCUT2D eigenvalue weighted by Crippen LogP contribution is -2.40. The SMILES string of the molecule is CCOc1ccc(/C=c2\sc3n(c2=O)[C@H](c2ccc(OC(C)=O)c(OC)c2)C(C(=O)OCC(C)C)=C(C)N=3)cc1OC. The van der Waals surface area contributed by atoms with Crippen molar-refractivity contribution in [2.45, 2.75) is 40.7 Å². The molecule has 4 rings (SSSR count). The molecule has 222 valence electrons. The van der Waals surface area contributed by atoms with Gasteiger partial charge in [-0.15, -0.1) is 0 Å². The quantitative estimate of drug-likeness (QED) is 0.257. The van der Waals surface area contributed by atoms with Crippen molar-refractivity contribution in [2.24, 2.45) is 10.9 Å². The molecule has 11 heteroatoms. The number of methoxy groups -OCH3 is 2. The van der Waals surface area contributed by atoms with E-state index >= 15 is 0 Å². The number of fused-ring (bicyclic) bond motifs is 1. The first-order valence-corrected chi connectivity index (χ1v) is 14.3. The Kier molecular flexibility index (Phi) is 9.52. The van der Waals surface area contributed by atoms with E-state index in [1.807, 2.05) is 26.8 Å². The number of hydrogen-bond acceptors (Lipinski definition) is 10. The summed E-state index contributed by atoms with van der Waals surface area (Å²) in [4.78, 5) is 44.1. The first-order valence-electron chi connectivity index (χ1n) is 13.4. The molecule has 0 unspecified atom stereocenters. The number of rotatable bonds is 10. The minimum Gasteiger partial charge on any atom is -0.493 e. The smallest absolute Gasteiger partial charge is 0.338 e. The maximum atomic E-state index is 14.0. The molecule has 0 bridgehead atoms. The third-order valence-corrected chi connectivity index (χ3v) is 7.31. The van der Waals surface area contributed by atoms with E-state index in [9.17, 15) is 14.4 Å². The van der Waals surface area contributed by atoms with Crippen LogP contribution in [0.4, 0.5) is 0 Å². The molecule has 0 fully saturated rings. The average Bonchev–Trinajstić information content (AvgIpc) is 3.25. The highest BCUT2D eigenvalue weighted by molar-refractivity contribution is 7.07. The predicted molar refractivity (Wildman–Crippen MR) is 158 cm³/mol. The zero-order valence-corrected chi connectivity index (χ0v) is 25.5. The molecule has 1 aliphatic rings. The Bertz CT molecular complexity index is 1720. The fourth-order valence-electron chi connectivity index (χ4n) is 4.51. The molecule has 2 heterocycles. The van der Waals surface area contributed by atoms with Gasteiger partial charge in [0.2, 0.25) is 0 Å². The molecule has 0 radical (unpaired) electrons. The summed E-state index contributed by atoms with van der Waals surface area (Å²) < 4.78 is 29.3. The molecular weight excluding hydrogens is 560 g/mol. The summed E-state index contributed by atoms with van der Waals surface area (Å²) in [6.45, 7) is 9.48. The zero-order valence-electron chi connectivity index (χ0n) is 24.7. The standard InChI is InChI=1S/C31H34N2O8S/c1-8-39-22-11-9-20(13-24(22)37-6)14-26-29(35)33-28(21-10-12-23(41-19(5)34)25(15-21)38-7)27(18(4)32-31(33)42-26)30(36)40-16-17(2)3/h9-15,17,28H,8,16H2,1-7H3/b26-14-/t28-/m1/s1. The predicted octanol–water partition coefficient (Wildman–Crippen LogP) is 3.78. The topological polar surface area (TPSA) is 115 Å². The van der Waals surface area contributed by atoms with E-state index in [4.69, 9.17) is 23.7 Å². The summed E-state index contributed by atoms with van der Waals surface area (Å²) in [6, 6.07) is 9.46. The molecule has 1 atom stereocenters. The first kappa shape index (κ1) is 30.6. The number of esters is 2. The van der Waals surface area contributed by atoms with E-state index in [0.29, 0.717) is 38.7 Å². The van der Waals surface area contributed by atoms with Crippen LogP contribution in [-0.2, 0) is 14.3 Å². The van der Waals surface area contributed by atoms with Crippen molar-refractivity contribution in [3.8, 4) is 23.0 Å². The monoisotopic (exact) mass is 594 g/mol. The molecule has 0 aliphatic carbocycles.